The summed E-state index contributed by atoms with van der Waals surface area (Å²) in [5.41, 5.74) is 5.66. The molecular formula is C18H13N. The summed E-state index contributed by atoms with van der Waals surface area (Å²) in [5.74, 6) is 0. The third kappa shape index (κ3) is 1.03. The molecule has 1 nitrogen and oxygen atoms in total. The molecule has 0 amide bonds. The molecule has 1 aliphatic rings. The summed E-state index contributed by atoms with van der Waals surface area (Å²) in [4.78, 5) is 0. The first-order valence-electron chi connectivity index (χ1n) is 6.88. The number of fused-ring (bicyclic) bond motifs is 6. The SMILES string of the molecule is C1=c2c3ccccc3n3c2c(c2ccccc23)CC1. The van der Waals surface area contributed by atoms with Crippen molar-refractivity contribution in [1.29, 1.82) is 0 Å². The maximum absolute atomic E-state index is 2.45. The number of hydrogen-bond acceptors (Lipinski definition) is 0. The van der Waals surface area contributed by atoms with Crippen LogP contribution in [0.1, 0.15) is 12.0 Å². The highest BCUT2D eigenvalue weighted by molar-refractivity contribution is 6.02. The van der Waals surface area contributed by atoms with E-state index in [4.69, 9.17) is 0 Å². The van der Waals surface area contributed by atoms with Crippen molar-refractivity contribution in [2.45, 2.75) is 12.8 Å². The van der Waals surface area contributed by atoms with Gasteiger partial charge in [-0.3, -0.25) is 0 Å². The zero-order valence-electron chi connectivity index (χ0n) is 10.6. The van der Waals surface area contributed by atoms with Crippen molar-refractivity contribution in [2.75, 3.05) is 0 Å². The molecule has 0 fully saturated rings. The molecule has 0 atom stereocenters. The summed E-state index contributed by atoms with van der Waals surface area (Å²) >= 11 is 0. The Morgan fingerprint density at radius 3 is 2.32 bits per heavy atom. The molecule has 0 unspecified atom stereocenters. The minimum atomic E-state index is 1.16. The predicted octanol–water partition coefficient (Wildman–Crippen LogP) is 3.69. The molecule has 1 aliphatic carbocycles. The normalized spacial score (nSPS) is 14.3. The van der Waals surface area contributed by atoms with Crippen LogP contribution in [-0.2, 0) is 6.42 Å². The topological polar surface area (TPSA) is 4.41 Å². The summed E-state index contributed by atoms with van der Waals surface area (Å²) < 4.78 is 2.45. The van der Waals surface area contributed by atoms with Crippen LogP contribution in [0.5, 0.6) is 0 Å². The molecule has 0 radical (unpaired) electrons. The van der Waals surface area contributed by atoms with Gasteiger partial charge < -0.3 is 4.40 Å². The molecule has 0 saturated heterocycles. The van der Waals surface area contributed by atoms with E-state index in [1.165, 1.54) is 44.5 Å². The maximum Gasteiger partial charge on any atom is 0.0576 e. The van der Waals surface area contributed by atoms with Crippen molar-refractivity contribution in [3.8, 4) is 0 Å². The first-order chi connectivity index (χ1) is 9.45. The summed E-state index contributed by atoms with van der Waals surface area (Å²) in [6.45, 7) is 0. The Bertz CT molecular complexity index is 1000. The molecule has 0 bridgehead atoms. The number of benzene rings is 2. The Hall–Kier alpha value is -2.28. The van der Waals surface area contributed by atoms with Crippen LogP contribution in [0.2, 0.25) is 0 Å². The fourth-order valence-electron chi connectivity index (χ4n) is 3.68. The average molecular weight is 243 g/mol. The molecule has 0 saturated carbocycles. The van der Waals surface area contributed by atoms with Crippen LogP contribution >= 0.6 is 0 Å². The fraction of sp³-hybridized carbons (Fsp3) is 0.111. The zero-order valence-corrected chi connectivity index (χ0v) is 10.6. The van der Waals surface area contributed by atoms with E-state index in [0.29, 0.717) is 0 Å². The lowest BCUT2D eigenvalue weighted by atomic mass is 10.0. The molecule has 2 aromatic carbocycles. The second-order valence-corrected chi connectivity index (χ2v) is 5.35. The van der Waals surface area contributed by atoms with Gasteiger partial charge in [0, 0.05) is 16.0 Å². The van der Waals surface area contributed by atoms with Gasteiger partial charge in [-0.05, 0) is 30.5 Å². The minimum Gasteiger partial charge on any atom is -0.308 e. The van der Waals surface area contributed by atoms with Crippen LogP contribution in [0.4, 0.5) is 0 Å². The quantitative estimate of drug-likeness (QED) is 0.443. The molecule has 19 heavy (non-hydrogen) atoms. The molecule has 2 aromatic heterocycles. The van der Waals surface area contributed by atoms with Crippen molar-refractivity contribution in [3.63, 3.8) is 0 Å². The monoisotopic (exact) mass is 243 g/mol. The minimum absolute atomic E-state index is 1.16. The lowest BCUT2D eigenvalue weighted by molar-refractivity contribution is 1.05. The molecule has 5 rings (SSSR count). The Morgan fingerprint density at radius 1 is 0.789 bits per heavy atom. The van der Waals surface area contributed by atoms with Gasteiger partial charge in [0.15, 0.2) is 0 Å². The fourth-order valence-corrected chi connectivity index (χ4v) is 3.68. The van der Waals surface area contributed by atoms with E-state index in [0.717, 1.165) is 6.42 Å². The van der Waals surface area contributed by atoms with Crippen LogP contribution in [0.3, 0.4) is 0 Å². The van der Waals surface area contributed by atoms with Crippen molar-refractivity contribution in [3.05, 3.63) is 59.3 Å². The highest BCUT2D eigenvalue weighted by Gasteiger charge is 2.18. The number of para-hydroxylation sites is 2. The highest BCUT2D eigenvalue weighted by Crippen LogP contribution is 2.32. The molecule has 0 N–H and O–H groups in total. The lowest BCUT2D eigenvalue weighted by Crippen LogP contribution is -2.05. The Labute approximate surface area is 110 Å². The highest BCUT2D eigenvalue weighted by atomic mass is 14.9. The van der Waals surface area contributed by atoms with E-state index >= 15 is 0 Å². The standard InChI is InChI=1S/C18H13N/c1-3-10-16-12(6-1)14-8-5-9-15-13-7-2-4-11-17(13)19(16)18(14)15/h1-4,6-8,10-11H,5,9H2. The van der Waals surface area contributed by atoms with E-state index in [2.05, 4.69) is 59.0 Å². The zero-order chi connectivity index (χ0) is 12.4. The largest absolute Gasteiger partial charge is 0.308 e. The van der Waals surface area contributed by atoms with Crippen LogP contribution < -0.4 is 5.22 Å². The second kappa shape index (κ2) is 3.18. The molecule has 0 spiro atoms. The molecule has 4 aromatic rings. The number of aryl methyl sites for hydroxylation is 1. The maximum atomic E-state index is 2.45. The van der Waals surface area contributed by atoms with Crippen LogP contribution in [-0.4, -0.2) is 4.40 Å². The number of aromatic nitrogens is 1. The first-order valence-corrected chi connectivity index (χ1v) is 6.88. The van der Waals surface area contributed by atoms with Crippen LogP contribution in [0, 0.1) is 0 Å². The molecule has 1 heteroatoms. The molecule has 90 valence electrons. The Morgan fingerprint density at radius 2 is 1.47 bits per heavy atom. The second-order valence-electron chi connectivity index (χ2n) is 5.35. The van der Waals surface area contributed by atoms with Crippen molar-refractivity contribution < 1.29 is 0 Å². The lowest BCUT2D eigenvalue weighted by Gasteiger charge is -2.02. The van der Waals surface area contributed by atoms with Gasteiger partial charge in [-0.25, -0.2) is 0 Å². The Kier molecular flexibility index (Phi) is 1.61. The van der Waals surface area contributed by atoms with Gasteiger partial charge in [0.2, 0.25) is 0 Å². The van der Waals surface area contributed by atoms with Gasteiger partial charge in [0.05, 0.1) is 16.6 Å². The number of hydrogen-bond donors (Lipinski definition) is 0. The number of rotatable bonds is 0. The summed E-state index contributed by atoms with van der Waals surface area (Å²) in [7, 11) is 0. The van der Waals surface area contributed by atoms with Gasteiger partial charge in [-0.1, -0.05) is 42.5 Å². The van der Waals surface area contributed by atoms with E-state index in [-0.39, 0.29) is 0 Å². The molecule has 0 aliphatic heterocycles. The van der Waals surface area contributed by atoms with Crippen molar-refractivity contribution in [1.82, 2.24) is 4.40 Å². The molecular weight excluding hydrogens is 230 g/mol. The van der Waals surface area contributed by atoms with E-state index in [1.807, 2.05) is 0 Å². The van der Waals surface area contributed by atoms with Gasteiger partial charge >= 0.3 is 0 Å². The van der Waals surface area contributed by atoms with Gasteiger partial charge in [0.1, 0.15) is 0 Å². The third-order valence-corrected chi connectivity index (χ3v) is 4.41. The van der Waals surface area contributed by atoms with E-state index in [9.17, 15) is 0 Å². The summed E-state index contributed by atoms with van der Waals surface area (Å²) in [6, 6.07) is 17.6. The van der Waals surface area contributed by atoms with Crippen LogP contribution in [0.25, 0.3) is 33.4 Å². The smallest absolute Gasteiger partial charge is 0.0576 e. The van der Waals surface area contributed by atoms with Gasteiger partial charge in [-0.2, -0.15) is 0 Å². The van der Waals surface area contributed by atoms with Gasteiger partial charge in [0.25, 0.3) is 0 Å². The Balaban J connectivity index is 2.27. The summed E-state index contributed by atoms with van der Waals surface area (Å²) in [5, 5.41) is 4.26. The van der Waals surface area contributed by atoms with Crippen LogP contribution in [0.15, 0.2) is 48.5 Å². The third-order valence-electron chi connectivity index (χ3n) is 4.41. The van der Waals surface area contributed by atoms with Crippen molar-refractivity contribution >= 4 is 33.4 Å². The van der Waals surface area contributed by atoms with Crippen molar-refractivity contribution in [2.24, 2.45) is 0 Å². The summed E-state index contributed by atoms with van der Waals surface area (Å²) in [6.07, 6.45) is 4.73. The first kappa shape index (κ1) is 9.62. The predicted molar refractivity (Wildman–Crippen MR) is 80.4 cm³/mol. The average Bonchev–Trinajstić information content (AvgIpc) is 2.99. The molecule has 2 heterocycles. The van der Waals surface area contributed by atoms with E-state index < -0.39 is 0 Å². The van der Waals surface area contributed by atoms with E-state index in [1.54, 1.807) is 0 Å². The number of nitrogens with zero attached hydrogens (tertiary/aromatic N) is 1. The van der Waals surface area contributed by atoms with Gasteiger partial charge in [-0.15, -0.1) is 0 Å².